The summed E-state index contributed by atoms with van der Waals surface area (Å²) in [7, 11) is 0. The Bertz CT molecular complexity index is 581. The van der Waals surface area contributed by atoms with E-state index in [1.165, 1.54) is 0 Å². The van der Waals surface area contributed by atoms with E-state index in [-0.39, 0.29) is 18.6 Å². The summed E-state index contributed by atoms with van der Waals surface area (Å²) in [6, 6.07) is 17.3. The van der Waals surface area contributed by atoms with E-state index in [0.717, 1.165) is 17.5 Å². The van der Waals surface area contributed by atoms with Crippen molar-refractivity contribution in [2.24, 2.45) is 0 Å². The van der Waals surface area contributed by atoms with Crippen LogP contribution in [0.3, 0.4) is 0 Å². The van der Waals surface area contributed by atoms with E-state index in [4.69, 9.17) is 5.11 Å². The third-order valence-electron chi connectivity index (χ3n) is 3.55. The van der Waals surface area contributed by atoms with Gasteiger partial charge in [-0.05, 0) is 37.0 Å². The molecule has 0 spiro atoms. The second-order valence-electron chi connectivity index (χ2n) is 5.12. The van der Waals surface area contributed by atoms with Crippen molar-refractivity contribution < 1.29 is 9.90 Å². The zero-order chi connectivity index (χ0) is 15.1. The predicted octanol–water partition coefficient (Wildman–Crippen LogP) is 3.24. The molecule has 0 fully saturated rings. The Morgan fingerprint density at radius 1 is 1.10 bits per heavy atom. The van der Waals surface area contributed by atoms with Crippen LogP contribution in [0.5, 0.6) is 0 Å². The highest BCUT2D eigenvalue weighted by atomic mass is 16.3. The van der Waals surface area contributed by atoms with Crippen LogP contribution in [0.1, 0.15) is 40.4 Å². The molecular formula is C18H21NO2. The van der Waals surface area contributed by atoms with Crippen LogP contribution in [0, 0.1) is 6.92 Å². The molecule has 0 saturated heterocycles. The van der Waals surface area contributed by atoms with Gasteiger partial charge in [0.25, 0.3) is 5.91 Å². The van der Waals surface area contributed by atoms with Crippen LogP contribution < -0.4 is 5.32 Å². The molecule has 1 unspecified atom stereocenters. The van der Waals surface area contributed by atoms with E-state index in [1.807, 2.05) is 61.5 Å². The summed E-state index contributed by atoms with van der Waals surface area (Å²) in [6.07, 6.45) is 1.38. The van der Waals surface area contributed by atoms with Crippen molar-refractivity contribution >= 4 is 5.91 Å². The summed E-state index contributed by atoms with van der Waals surface area (Å²) in [5.74, 6) is -0.0695. The van der Waals surface area contributed by atoms with Crippen molar-refractivity contribution in [3.05, 3.63) is 71.3 Å². The Labute approximate surface area is 125 Å². The number of nitrogens with one attached hydrogen (secondary N) is 1. The Morgan fingerprint density at radius 3 is 2.43 bits per heavy atom. The zero-order valence-electron chi connectivity index (χ0n) is 12.3. The Morgan fingerprint density at radius 2 is 1.76 bits per heavy atom. The van der Waals surface area contributed by atoms with Crippen LogP contribution in [0.4, 0.5) is 0 Å². The van der Waals surface area contributed by atoms with E-state index >= 15 is 0 Å². The summed E-state index contributed by atoms with van der Waals surface area (Å²) < 4.78 is 0. The summed E-state index contributed by atoms with van der Waals surface area (Å²) in [5, 5.41) is 12.1. The molecule has 2 aromatic carbocycles. The summed E-state index contributed by atoms with van der Waals surface area (Å²) in [4.78, 5) is 12.4. The first-order valence-electron chi connectivity index (χ1n) is 7.24. The van der Waals surface area contributed by atoms with Crippen LogP contribution >= 0.6 is 0 Å². The highest BCUT2D eigenvalue weighted by Crippen LogP contribution is 2.19. The third-order valence-corrected chi connectivity index (χ3v) is 3.55. The van der Waals surface area contributed by atoms with Gasteiger partial charge in [-0.15, -0.1) is 0 Å². The van der Waals surface area contributed by atoms with Crippen molar-refractivity contribution in [3.8, 4) is 0 Å². The minimum absolute atomic E-state index is 0.0695. The fourth-order valence-electron chi connectivity index (χ4n) is 2.37. The van der Waals surface area contributed by atoms with Crippen LogP contribution in [0.2, 0.25) is 0 Å². The molecule has 3 nitrogen and oxygen atoms in total. The van der Waals surface area contributed by atoms with Crippen molar-refractivity contribution in [1.82, 2.24) is 5.32 Å². The minimum atomic E-state index is -0.0783. The number of carbonyl (C=O) groups excluding carboxylic acids is 1. The normalized spacial score (nSPS) is 11.9. The van der Waals surface area contributed by atoms with E-state index in [2.05, 4.69) is 5.32 Å². The second kappa shape index (κ2) is 7.60. The number of hydrogen-bond acceptors (Lipinski definition) is 2. The lowest BCUT2D eigenvalue weighted by Gasteiger charge is -2.19. The topological polar surface area (TPSA) is 49.3 Å². The van der Waals surface area contributed by atoms with Crippen LogP contribution in [0.25, 0.3) is 0 Å². The lowest BCUT2D eigenvalue weighted by molar-refractivity contribution is 0.0931. The fraction of sp³-hybridized carbons (Fsp3) is 0.278. The quantitative estimate of drug-likeness (QED) is 0.855. The number of amides is 1. The monoisotopic (exact) mass is 283 g/mol. The van der Waals surface area contributed by atoms with E-state index in [9.17, 15) is 4.79 Å². The number of benzene rings is 2. The molecule has 0 aliphatic carbocycles. The van der Waals surface area contributed by atoms with Gasteiger partial charge in [-0.2, -0.15) is 0 Å². The first-order chi connectivity index (χ1) is 10.2. The molecule has 0 aliphatic heterocycles. The lowest BCUT2D eigenvalue weighted by Crippen LogP contribution is -2.29. The van der Waals surface area contributed by atoms with E-state index < -0.39 is 0 Å². The van der Waals surface area contributed by atoms with Gasteiger partial charge in [0, 0.05) is 12.2 Å². The van der Waals surface area contributed by atoms with Gasteiger partial charge in [0.05, 0.1) is 6.04 Å². The summed E-state index contributed by atoms with van der Waals surface area (Å²) >= 11 is 0. The van der Waals surface area contributed by atoms with Gasteiger partial charge in [-0.25, -0.2) is 0 Å². The largest absolute Gasteiger partial charge is 0.396 e. The van der Waals surface area contributed by atoms with E-state index in [1.54, 1.807) is 0 Å². The zero-order valence-corrected chi connectivity index (χ0v) is 12.3. The van der Waals surface area contributed by atoms with Gasteiger partial charge >= 0.3 is 0 Å². The van der Waals surface area contributed by atoms with Gasteiger partial charge in [-0.1, -0.05) is 48.5 Å². The van der Waals surface area contributed by atoms with Gasteiger partial charge < -0.3 is 10.4 Å². The summed E-state index contributed by atoms with van der Waals surface area (Å²) in [6.45, 7) is 2.06. The average Bonchev–Trinajstić information content (AvgIpc) is 2.52. The fourth-order valence-corrected chi connectivity index (χ4v) is 2.37. The lowest BCUT2D eigenvalue weighted by atomic mass is 10.0. The van der Waals surface area contributed by atoms with Crippen LogP contribution in [0.15, 0.2) is 54.6 Å². The van der Waals surface area contributed by atoms with Crippen molar-refractivity contribution in [2.45, 2.75) is 25.8 Å². The predicted molar refractivity (Wildman–Crippen MR) is 84.1 cm³/mol. The van der Waals surface area contributed by atoms with Crippen LogP contribution in [-0.2, 0) is 0 Å². The molecule has 0 radical (unpaired) electrons. The molecule has 0 heterocycles. The molecule has 3 heteroatoms. The van der Waals surface area contributed by atoms with Crippen molar-refractivity contribution in [2.75, 3.05) is 6.61 Å². The van der Waals surface area contributed by atoms with Crippen molar-refractivity contribution in [3.63, 3.8) is 0 Å². The Kier molecular flexibility index (Phi) is 5.52. The van der Waals surface area contributed by atoms with E-state index in [0.29, 0.717) is 12.0 Å². The molecule has 0 aliphatic rings. The number of aryl methyl sites for hydroxylation is 1. The molecular weight excluding hydrogens is 262 g/mol. The molecule has 110 valence electrons. The highest BCUT2D eigenvalue weighted by Gasteiger charge is 2.16. The minimum Gasteiger partial charge on any atom is -0.396 e. The summed E-state index contributed by atoms with van der Waals surface area (Å²) in [5.41, 5.74) is 2.72. The van der Waals surface area contributed by atoms with Crippen molar-refractivity contribution in [1.29, 1.82) is 0 Å². The standard InChI is InChI=1S/C18H21NO2/c1-14-8-5-6-11-16(14)18(21)19-17(12-7-13-20)15-9-3-2-4-10-15/h2-6,8-11,17,20H,7,12-13H2,1H3,(H,19,21). The molecule has 21 heavy (non-hydrogen) atoms. The smallest absolute Gasteiger partial charge is 0.252 e. The first kappa shape index (κ1) is 15.3. The maximum absolute atomic E-state index is 12.4. The van der Waals surface area contributed by atoms with Gasteiger partial charge in [0.15, 0.2) is 0 Å². The van der Waals surface area contributed by atoms with Gasteiger partial charge in [0.2, 0.25) is 0 Å². The average molecular weight is 283 g/mol. The second-order valence-corrected chi connectivity index (χ2v) is 5.12. The maximum atomic E-state index is 12.4. The molecule has 0 aromatic heterocycles. The first-order valence-corrected chi connectivity index (χ1v) is 7.24. The number of carbonyl (C=O) groups is 1. The number of hydrogen-bond donors (Lipinski definition) is 2. The number of aliphatic hydroxyl groups excluding tert-OH is 1. The molecule has 2 aromatic rings. The highest BCUT2D eigenvalue weighted by molar-refractivity contribution is 5.95. The molecule has 2 N–H and O–H groups in total. The molecule has 2 rings (SSSR count). The van der Waals surface area contributed by atoms with Gasteiger partial charge in [-0.3, -0.25) is 4.79 Å². The molecule has 0 saturated carbocycles. The Hall–Kier alpha value is -2.13. The van der Waals surface area contributed by atoms with Crippen LogP contribution in [-0.4, -0.2) is 17.6 Å². The SMILES string of the molecule is Cc1ccccc1C(=O)NC(CCCO)c1ccccc1. The third kappa shape index (κ3) is 4.17. The molecule has 1 amide bonds. The Balaban J connectivity index is 2.15. The number of rotatable bonds is 6. The maximum Gasteiger partial charge on any atom is 0.252 e. The molecule has 0 bridgehead atoms. The van der Waals surface area contributed by atoms with Gasteiger partial charge in [0.1, 0.15) is 0 Å². The number of aliphatic hydroxyl groups is 1. The molecule has 1 atom stereocenters.